The minimum Gasteiger partial charge on any atom is -0.366 e. The number of anilines is 1. The van der Waals surface area contributed by atoms with E-state index >= 15 is 0 Å². The van der Waals surface area contributed by atoms with Gasteiger partial charge in [-0.1, -0.05) is 36.4 Å². The lowest BCUT2D eigenvalue weighted by Crippen LogP contribution is -2.43. The average Bonchev–Trinajstić information content (AvgIpc) is 2.66. The second kappa shape index (κ2) is 8.03. The van der Waals surface area contributed by atoms with E-state index in [1.54, 1.807) is 23.1 Å². The first-order chi connectivity index (χ1) is 13.0. The fourth-order valence-electron chi connectivity index (χ4n) is 3.32. The maximum Gasteiger partial charge on any atom is 0.251 e. The fraction of sp³-hybridized carbons (Fsp3) is 0.286. The van der Waals surface area contributed by atoms with Crippen LogP contribution in [0.25, 0.3) is 0 Å². The van der Waals surface area contributed by atoms with Crippen LogP contribution in [-0.2, 0) is 9.59 Å². The van der Waals surface area contributed by atoms with Crippen molar-refractivity contribution < 1.29 is 14.4 Å². The highest BCUT2D eigenvalue weighted by Gasteiger charge is 2.32. The molecule has 1 atom stereocenters. The van der Waals surface area contributed by atoms with Crippen molar-refractivity contribution in [3.05, 3.63) is 65.2 Å². The van der Waals surface area contributed by atoms with Crippen molar-refractivity contribution in [3.8, 4) is 0 Å². The molecule has 0 saturated carbocycles. The molecule has 0 aromatic heterocycles. The molecule has 1 aliphatic heterocycles. The Bertz CT molecular complexity index is 864. The minimum absolute atomic E-state index is 0.0205. The summed E-state index contributed by atoms with van der Waals surface area (Å²) in [4.78, 5) is 38.7. The zero-order valence-corrected chi connectivity index (χ0v) is 15.3. The third-order valence-electron chi connectivity index (χ3n) is 4.82. The lowest BCUT2D eigenvalue weighted by atomic mass is 10.00. The Morgan fingerprint density at radius 2 is 1.85 bits per heavy atom. The first kappa shape index (κ1) is 18.6. The molecule has 2 aromatic carbocycles. The molecule has 1 aliphatic rings. The van der Waals surface area contributed by atoms with Crippen LogP contribution >= 0.6 is 0 Å². The summed E-state index contributed by atoms with van der Waals surface area (Å²) in [5.41, 5.74) is 7.75. The third-order valence-corrected chi connectivity index (χ3v) is 4.82. The summed E-state index contributed by atoms with van der Waals surface area (Å²) >= 11 is 0. The summed E-state index contributed by atoms with van der Waals surface area (Å²) in [6.07, 6.45) is 2.17. The number of hydrogen-bond acceptors (Lipinski definition) is 3. The van der Waals surface area contributed by atoms with Gasteiger partial charge >= 0.3 is 0 Å². The van der Waals surface area contributed by atoms with Gasteiger partial charge in [-0.3, -0.25) is 14.4 Å². The number of rotatable bonds is 5. The molecule has 6 nitrogen and oxygen atoms in total. The summed E-state index contributed by atoms with van der Waals surface area (Å²) in [5, 5.41) is 2.88. The van der Waals surface area contributed by atoms with Crippen LogP contribution in [0, 0.1) is 6.92 Å². The Kier molecular flexibility index (Phi) is 5.54. The van der Waals surface area contributed by atoms with Gasteiger partial charge in [0.05, 0.1) is 0 Å². The normalized spacial score (nSPS) is 15.3. The predicted molar refractivity (Wildman–Crippen MR) is 103 cm³/mol. The molecule has 3 rings (SSSR count). The van der Waals surface area contributed by atoms with Crippen LogP contribution in [-0.4, -0.2) is 29.2 Å². The highest BCUT2D eigenvalue weighted by molar-refractivity contribution is 6.00. The van der Waals surface area contributed by atoms with Gasteiger partial charge in [0.2, 0.25) is 11.8 Å². The molecule has 0 radical (unpaired) electrons. The molecule has 3 N–H and O–H groups in total. The molecule has 0 bridgehead atoms. The molecule has 0 aliphatic carbocycles. The number of nitrogens with zero attached hydrogens (tertiary/aromatic N) is 1. The van der Waals surface area contributed by atoms with Crippen LogP contribution in [0.1, 0.15) is 46.8 Å². The first-order valence-corrected chi connectivity index (χ1v) is 9.03. The molecule has 140 valence electrons. The molecule has 1 unspecified atom stereocenters. The largest absolute Gasteiger partial charge is 0.366 e. The monoisotopic (exact) mass is 365 g/mol. The topological polar surface area (TPSA) is 92.5 Å². The molecule has 1 heterocycles. The van der Waals surface area contributed by atoms with E-state index in [4.69, 9.17) is 5.73 Å². The van der Waals surface area contributed by atoms with Gasteiger partial charge in [-0.2, -0.15) is 0 Å². The van der Waals surface area contributed by atoms with E-state index in [0.29, 0.717) is 24.2 Å². The van der Waals surface area contributed by atoms with E-state index < -0.39 is 11.9 Å². The summed E-state index contributed by atoms with van der Waals surface area (Å²) in [7, 11) is 0. The van der Waals surface area contributed by atoms with Gasteiger partial charge < -0.3 is 16.0 Å². The van der Waals surface area contributed by atoms with E-state index in [1.165, 1.54) is 0 Å². The number of nitrogens with two attached hydrogens (primary N) is 1. The number of likely N-dealkylation sites (tertiary alicyclic amines) is 1. The van der Waals surface area contributed by atoms with E-state index in [9.17, 15) is 14.4 Å². The Morgan fingerprint density at radius 3 is 2.52 bits per heavy atom. The maximum atomic E-state index is 13.2. The quantitative estimate of drug-likeness (QED) is 0.853. The molecule has 1 fully saturated rings. The van der Waals surface area contributed by atoms with Crippen LogP contribution in [0.4, 0.5) is 5.69 Å². The zero-order valence-electron chi connectivity index (χ0n) is 15.3. The molecule has 27 heavy (non-hydrogen) atoms. The summed E-state index contributed by atoms with van der Waals surface area (Å²) in [6, 6.07) is 13.5. The summed E-state index contributed by atoms with van der Waals surface area (Å²) in [5.74, 6) is -0.884. The van der Waals surface area contributed by atoms with Gasteiger partial charge in [-0.25, -0.2) is 0 Å². The van der Waals surface area contributed by atoms with Gasteiger partial charge in [0.1, 0.15) is 6.04 Å². The van der Waals surface area contributed by atoms with Crippen molar-refractivity contribution in [3.63, 3.8) is 0 Å². The minimum atomic E-state index is -0.712. The third kappa shape index (κ3) is 4.16. The molecular formula is C21H23N3O3. The molecule has 6 heteroatoms. The Morgan fingerprint density at radius 1 is 1.11 bits per heavy atom. The van der Waals surface area contributed by atoms with Crippen molar-refractivity contribution in [2.75, 3.05) is 11.9 Å². The number of benzene rings is 2. The van der Waals surface area contributed by atoms with Gasteiger partial charge in [0.15, 0.2) is 0 Å². The SMILES string of the molecule is Cc1ccc(C(N)=O)cc1NC(=O)C(c1ccccc1)N1CCCCC1=O. The Balaban J connectivity index is 1.93. The molecule has 1 saturated heterocycles. The number of carbonyl (C=O) groups is 3. The van der Waals surface area contributed by atoms with E-state index in [1.807, 2.05) is 37.3 Å². The lowest BCUT2D eigenvalue weighted by Gasteiger charge is -2.34. The standard InChI is InChI=1S/C21H23N3O3/c1-14-10-11-16(20(22)26)13-17(14)23-21(27)19(15-7-3-2-4-8-15)24-12-6-5-9-18(24)25/h2-4,7-8,10-11,13,19H,5-6,9,12H2,1H3,(H2,22,26)(H,23,27). The van der Waals surface area contributed by atoms with Gasteiger partial charge in [-0.05, 0) is 43.0 Å². The maximum absolute atomic E-state index is 13.2. The predicted octanol–water partition coefficient (Wildman–Crippen LogP) is 2.79. The van der Waals surface area contributed by atoms with Crippen molar-refractivity contribution >= 4 is 23.4 Å². The van der Waals surface area contributed by atoms with Crippen LogP contribution in [0.2, 0.25) is 0 Å². The van der Waals surface area contributed by atoms with Crippen LogP contribution in [0.5, 0.6) is 0 Å². The molecule has 3 amide bonds. The number of carbonyl (C=O) groups excluding carboxylic acids is 3. The van der Waals surface area contributed by atoms with Crippen LogP contribution in [0.3, 0.4) is 0 Å². The Hall–Kier alpha value is -3.15. The molecule has 2 aromatic rings. The molecule has 0 spiro atoms. The second-order valence-corrected chi connectivity index (χ2v) is 6.74. The number of hydrogen-bond donors (Lipinski definition) is 2. The van der Waals surface area contributed by atoms with Gasteiger partial charge in [0, 0.05) is 24.2 Å². The summed E-state index contributed by atoms with van der Waals surface area (Å²) < 4.78 is 0. The fourth-order valence-corrected chi connectivity index (χ4v) is 3.32. The first-order valence-electron chi connectivity index (χ1n) is 9.03. The summed E-state index contributed by atoms with van der Waals surface area (Å²) in [6.45, 7) is 2.38. The smallest absolute Gasteiger partial charge is 0.251 e. The average molecular weight is 365 g/mol. The highest BCUT2D eigenvalue weighted by Crippen LogP contribution is 2.28. The van der Waals surface area contributed by atoms with Gasteiger partial charge in [-0.15, -0.1) is 0 Å². The number of piperidine rings is 1. The van der Waals surface area contributed by atoms with E-state index in [2.05, 4.69) is 5.32 Å². The number of aryl methyl sites for hydroxylation is 1. The van der Waals surface area contributed by atoms with Gasteiger partial charge in [0.25, 0.3) is 5.91 Å². The van der Waals surface area contributed by atoms with E-state index in [0.717, 1.165) is 24.0 Å². The molecular weight excluding hydrogens is 342 g/mol. The number of amides is 3. The van der Waals surface area contributed by atoms with Crippen LogP contribution < -0.4 is 11.1 Å². The highest BCUT2D eigenvalue weighted by atomic mass is 16.2. The van der Waals surface area contributed by atoms with Crippen LogP contribution in [0.15, 0.2) is 48.5 Å². The Labute approximate surface area is 158 Å². The lowest BCUT2D eigenvalue weighted by molar-refractivity contribution is -0.141. The van der Waals surface area contributed by atoms with E-state index in [-0.39, 0.29) is 11.8 Å². The van der Waals surface area contributed by atoms with Crippen molar-refractivity contribution in [1.29, 1.82) is 0 Å². The second-order valence-electron chi connectivity index (χ2n) is 6.74. The van der Waals surface area contributed by atoms with Crippen molar-refractivity contribution in [2.24, 2.45) is 5.73 Å². The zero-order chi connectivity index (χ0) is 19.4. The van der Waals surface area contributed by atoms with Crippen molar-refractivity contribution in [2.45, 2.75) is 32.2 Å². The van der Waals surface area contributed by atoms with Crippen molar-refractivity contribution in [1.82, 2.24) is 4.90 Å². The number of nitrogens with one attached hydrogen (secondary N) is 1. The number of primary amides is 1.